The van der Waals surface area contributed by atoms with Crippen molar-refractivity contribution < 1.29 is 0 Å². The van der Waals surface area contributed by atoms with Crippen molar-refractivity contribution in [3.8, 4) is 11.4 Å². The van der Waals surface area contributed by atoms with Gasteiger partial charge in [-0.05, 0) is 36.6 Å². The molecule has 0 radical (unpaired) electrons. The van der Waals surface area contributed by atoms with Gasteiger partial charge in [0, 0.05) is 17.1 Å². The summed E-state index contributed by atoms with van der Waals surface area (Å²) in [5.74, 6) is 1.66. The quantitative estimate of drug-likeness (QED) is 0.630. The molecule has 0 unspecified atom stereocenters. The Hall–Kier alpha value is -1.80. The molecule has 0 atom stereocenters. The Balaban J connectivity index is 2.14. The van der Waals surface area contributed by atoms with Crippen molar-refractivity contribution in [2.24, 2.45) is 5.92 Å². The molecule has 0 spiro atoms. The van der Waals surface area contributed by atoms with E-state index in [-0.39, 0.29) is 0 Å². The van der Waals surface area contributed by atoms with Gasteiger partial charge in [-0.2, -0.15) is 0 Å². The number of halogens is 1. The van der Waals surface area contributed by atoms with Gasteiger partial charge in [-0.1, -0.05) is 49.7 Å². The Morgan fingerprint density at radius 3 is 2.67 bits per heavy atom. The molecule has 3 aromatic rings. The number of nitrogens with zero attached hydrogens (tertiary/aromatic N) is 2. The highest BCUT2D eigenvalue weighted by Gasteiger charge is 2.12. The number of aromatic nitrogens is 2. The molecule has 2 nitrogen and oxygen atoms in total. The van der Waals surface area contributed by atoms with Crippen LogP contribution in [-0.2, 0) is 6.54 Å². The lowest BCUT2D eigenvalue weighted by Crippen LogP contribution is -2.03. The number of hydrogen-bond donors (Lipinski definition) is 0. The summed E-state index contributed by atoms with van der Waals surface area (Å²) in [6.45, 7) is 5.47. The summed E-state index contributed by atoms with van der Waals surface area (Å²) in [5, 5.41) is 0.745. The average Bonchev–Trinajstić information content (AvgIpc) is 2.84. The predicted molar refractivity (Wildman–Crippen MR) is 89.6 cm³/mol. The molecule has 3 rings (SSSR count). The van der Waals surface area contributed by atoms with Gasteiger partial charge in [0.15, 0.2) is 0 Å². The van der Waals surface area contributed by atoms with Crippen LogP contribution in [0.4, 0.5) is 0 Å². The van der Waals surface area contributed by atoms with Crippen LogP contribution in [0.15, 0.2) is 48.5 Å². The van der Waals surface area contributed by atoms with Crippen molar-refractivity contribution in [3.63, 3.8) is 0 Å². The summed E-state index contributed by atoms with van der Waals surface area (Å²) in [7, 11) is 0. The van der Waals surface area contributed by atoms with Gasteiger partial charge in [0.05, 0.1) is 11.0 Å². The number of aryl methyl sites for hydroxylation is 1. The lowest BCUT2D eigenvalue weighted by molar-refractivity contribution is 0.525. The van der Waals surface area contributed by atoms with Crippen LogP contribution in [0.3, 0.4) is 0 Å². The maximum absolute atomic E-state index is 6.14. The number of fused-ring (bicyclic) bond motifs is 1. The second-order valence-electron chi connectivity index (χ2n) is 5.77. The number of rotatable bonds is 4. The summed E-state index contributed by atoms with van der Waals surface area (Å²) >= 11 is 6.14. The fourth-order valence-corrected chi connectivity index (χ4v) is 2.73. The molecule has 0 bridgehead atoms. The van der Waals surface area contributed by atoms with Gasteiger partial charge in [0.25, 0.3) is 0 Å². The van der Waals surface area contributed by atoms with Crippen molar-refractivity contribution in [1.82, 2.24) is 9.55 Å². The molecule has 108 valence electrons. The van der Waals surface area contributed by atoms with Crippen LogP contribution >= 0.6 is 11.6 Å². The topological polar surface area (TPSA) is 17.8 Å². The first kappa shape index (κ1) is 14.2. The van der Waals surface area contributed by atoms with Gasteiger partial charge in [-0.15, -0.1) is 0 Å². The van der Waals surface area contributed by atoms with E-state index in [1.807, 2.05) is 24.3 Å². The van der Waals surface area contributed by atoms with E-state index in [2.05, 4.69) is 42.7 Å². The molecule has 0 saturated carbocycles. The second kappa shape index (κ2) is 5.90. The van der Waals surface area contributed by atoms with E-state index < -0.39 is 0 Å². The van der Waals surface area contributed by atoms with Gasteiger partial charge in [0.1, 0.15) is 5.82 Å². The molecule has 2 aromatic carbocycles. The fraction of sp³-hybridized carbons (Fsp3) is 0.278. The second-order valence-corrected chi connectivity index (χ2v) is 6.21. The average molecular weight is 299 g/mol. The summed E-state index contributed by atoms with van der Waals surface area (Å²) in [4.78, 5) is 4.81. The van der Waals surface area contributed by atoms with E-state index in [0.29, 0.717) is 5.92 Å². The minimum absolute atomic E-state index is 0.665. The Labute approximate surface area is 130 Å². The van der Waals surface area contributed by atoms with Crippen molar-refractivity contribution >= 4 is 22.6 Å². The molecule has 1 aromatic heterocycles. The molecule has 0 aliphatic rings. The normalized spacial score (nSPS) is 11.4. The molecule has 0 fully saturated rings. The third-order valence-electron chi connectivity index (χ3n) is 3.67. The Bertz CT molecular complexity index is 759. The lowest BCUT2D eigenvalue weighted by atomic mass is 10.1. The standard InChI is InChI=1S/C18H19ClN2/c1-13(2)10-11-21-17-9-4-3-8-16(17)20-18(21)14-6-5-7-15(19)12-14/h3-9,12-13H,10-11H2,1-2H3. The Morgan fingerprint density at radius 1 is 1.10 bits per heavy atom. The SMILES string of the molecule is CC(C)CCn1c(-c2cccc(Cl)c2)nc2ccccc21. The third kappa shape index (κ3) is 2.96. The van der Waals surface area contributed by atoms with E-state index in [1.54, 1.807) is 0 Å². The van der Waals surface area contributed by atoms with Crippen molar-refractivity contribution in [1.29, 1.82) is 0 Å². The highest BCUT2D eigenvalue weighted by atomic mass is 35.5. The van der Waals surface area contributed by atoms with E-state index in [0.717, 1.165) is 34.9 Å². The van der Waals surface area contributed by atoms with E-state index >= 15 is 0 Å². The minimum atomic E-state index is 0.665. The predicted octanol–water partition coefficient (Wildman–Crippen LogP) is 5.40. The van der Waals surface area contributed by atoms with Crippen LogP contribution in [0, 0.1) is 5.92 Å². The number of benzene rings is 2. The molecular formula is C18H19ClN2. The molecule has 3 heteroatoms. The molecule has 1 heterocycles. The lowest BCUT2D eigenvalue weighted by Gasteiger charge is -2.11. The largest absolute Gasteiger partial charge is 0.324 e. The molecule has 0 aliphatic carbocycles. The van der Waals surface area contributed by atoms with Gasteiger partial charge in [0.2, 0.25) is 0 Å². The Morgan fingerprint density at radius 2 is 1.90 bits per heavy atom. The number of imidazole rings is 1. The van der Waals surface area contributed by atoms with Gasteiger partial charge in [-0.3, -0.25) is 0 Å². The minimum Gasteiger partial charge on any atom is -0.324 e. The van der Waals surface area contributed by atoms with Crippen LogP contribution in [0.25, 0.3) is 22.4 Å². The van der Waals surface area contributed by atoms with Crippen LogP contribution in [0.1, 0.15) is 20.3 Å². The highest BCUT2D eigenvalue weighted by Crippen LogP contribution is 2.27. The van der Waals surface area contributed by atoms with E-state index in [1.165, 1.54) is 5.52 Å². The highest BCUT2D eigenvalue weighted by molar-refractivity contribution is 6.30. The molecule has 0 aliphatic heterocycles. The molecular weight excluding hydrogens is 280 g/mol. The van der Waals surface area contributed by atoms with Crippen LogP contribution in [0.5, 0.6) is 0 Å². The van der Waals surface area contributed by atoms with Crippen molar-refractivity contribution in [3.05, 3.63) is 53.6 Å². The fourth-order valence-electron chi connectivity index (χ4n) is 2.54. The zero-order valence-corrected chi connectivity index (χ0v) is 13.1. The van der Waals surface area contributed by atoms with Gasteiger partial charge in [-0.25, -0.2) is 4.98 Å². The van der Waals surface area contributed by atoms with Gasteiger partial charge >= 0.3 is 0 Å². The van der Waals surface area contributed by atoms with E-state index in [9.17, 15) is 0 Å². The summed E-state index contributed by atoms with van der Waals surface area (Å²) < 4.78 is 2.31. The smallest absolute Gasteiger partial charge is 0.141 e. The van der Waals surface area contributed by atoms with Gasteiger partial charge < -0.3 is 4.57 Å². The molecule has 0 saturated heterocycles. The molecule has 0 N–H and O–H groups in total. The summed E-state index contributed by atoms with van der Waals surface area (Å²) in [6.07, 6.45) is 1.13. The van der Waals surface area contributed by atoms with Crippen LogP contribution in [-0.4, -0.2) is 9.55 Å². The molecule has 0 amide bonds. The first-order chi connectivity index (χ1) is 10.1. The maximum atomic E-state index is 6.14. The third-order valence-corrected chi connectivity index (χ3v) is 3.90. The first-order valence-corrected chi connectivity index (χ1v) is 7.74. The number of para-hydroxylation sites is 2. The van der Waals surface area contributed by atoms with Crippen molar-refractivity contribution in [2.75, 3.05) is 0 Å². The number of hydrogen-bond acceptors (Lipinski definition) is 1. The van der Waals surface area contributed by atoms with E-state index in [4.69, 9.17) is 16.6 Å². The van der Waals surface area contributed by atoms with Crippen molar-refractivity contribution in [2.45, 2.75) is 26.8 Å². The maximum Gasteiger partial charge on any atom is 0.141 e. The first-order valence-electron chi connectivity index (χ1n) is 7.36. The van der Waals surface area contributed by atoms with Crippen LogP contribution in [0.2, 0.25) is 5.02 Å². The Kier molecular flexibility index (Phi) is 3.98. The monoisotopic (exact) mass is 298 g/mol. The van der Waals surface area contributed by atoms with Crippen LogP contribution < -0.4 is 0 Å². The molecule has 21 heavy (non-hydrogen) atoms. The summed E-state index contributed by atoms with van der Waals surface area (Å²) in [5.41, 5.74) is 3.30. The zero-order chi connectivity index (χ0) is 14.8. The summed E-state index contributed by atoms with van der Waals surface area (Å²) in [6, 6.07) is 16.2. The zero-order valence-electron chi connectivity index (χ0n) is 12.4.